The van der Waals surface area contributed by atoms with E-state index >= 15 is 0 Å². The van der Waals surface area contributed by atoms with Crippen molar-refractivity contribution >= 4 is 33.7 Å². The highest BCUT2D eigenvalue weighted by Crippen LogP contribution is 2.19. The lowest BCUT2D eigenvalue weighted by atomic mass is 10.1. The Bertz CT molecular complexity index is 1090. The van der Waals surface area contributed by atoms with Crippen molar-refractivity contribution in [2.24, 2.45) is 0 Å². The second-order valence-electron chi connectivity index (χ2n) is 7.24. The van der Waals surface area contributed by atoms with E-state index in [1.165, 1.54) is 16.3 Å². The molecule has 0 radical (unpaired) electrons. The minimum Gasteiger partial charge on any atom is -0.481 e. The highest BCUT2D eigenvalue weighted by molar-refractivity contribution is 5.83. The topological polar surface area (TPSA) is 106 Å². The number of aromatic nitrogens is 2. The second kappa shape index (κ2) is 10.3. The number of fused-ring (bicyclic) bond motifs is 2. The van der Waals surface area contributed by atoms with E-state index in [9.17, 15) is 9.59 Å². The fourth-order valence-electron chi connectivity index (χ4n) is 3.47. The van der Waals surface area contributed by atoms with Gasteiger partial charge in [-0.1, -0.05) is 36.4 Å². The Labute approximate surface area is 174 Å². The number of para-hydroxylation sites is 2. The van der Waals surface area contributed by atoms with Gasteiger partial charge in [-0.05, 0) is 54.8 Å². The van der Waals surface area contributed by atoms with Crippen LogP contribution in [0.3, 0.4) is 0 Å². The SMILES string of the molecule is O=C(O)CCCc1c[nH]c2ccccc12.O=C(O)CCCc1cc2ccccc2[nH]1. The molecule has 6 nitrogen and oxygen atoms in total. The molecule has 0 saturated heterocycles. The zero-order valence-corrected chi connectivity index (χ0v) is 16.7. The molecule has 0 amide bonds. The third kappa shape index (κ3) is 5.98. The molecule has 0 aliphatic heterocycles. The van der Waals surface area contributed by atoms with Gasteiger partial charge in [-0.25, -0.2) is 0 Å². The number of carboxylic acids is 2. The van der Waals surface area contributed by atoms with Gasteiger partial charge in [0.2, 0.25) is 0 Å². The van der Waals surface area contributed by atoms with E-state index < -0.39 is 11.9 Å². The van der Waals surface area contributed by atoms with Gasteiger partial charge < -0.3 is 20.2 Å². The van der Waals surface area contributed by atoms with Crippen molar-refractivity contribution in [1.29, 1.82) is 0 Å². The molecule has 2 aromatic carbocycles. The predicted molar refractivity (Wildman–Crippen MR) is 118 cm³/mol. The number of rotatable bonds is 8. The molecular formula is C24H26N2O4. The summed E-state index contributed by atoms with van der Waals surface area (Å²) in [5.74, 6) is -1.46. The van der Waals surface area contributed by atoms with Crippen molar-refractivity contribution in [3.8, 4) is 0 Å². The molecule has 4 rings (SSSR count). The number of carboxylic acid groups (broad SMARTS) is 2. The fraction of sp³-hybridized carbons (Fsp3) is 0.250. The molecule has 0 fully saturated rings. The van der Waals surface area contributed by atoms with E-state index in [2.05, 4.69) is 22.1 Å². The first-order valence-corrected chi connectivity index (χ1v) is 10.1. The van der Waals surface area contributed by atoms with E-state index in [-0.39, 0.29) is 12.8 Å². The molecule has 0 aliphatic rings. The molecule has 156 valence electrons. The first kappa shape index (κ1) is 21.2. The average Bonchev–Trinajstić information content (AvgIpc) is 3.32. The summed E-state index contributed by atoms with van der Waals surface area (Å²) < 4.78 is 0. The van der Waals surface area contributed by atoms with Gasteiger partial charge >= 0.3 is 11.9 Å². The summed E-state index contributed by atoms with van der Waals surface area (Å²) in [4.78, 5) is 27.2. The van der Waals surface area contributed by atoms with Gasteiger partial charge in [-0.2, -0.15) is 0 Å². The number of benzene rings is 2. The second-order valence-corrected chi connectivity index (χ2v) is 7.24. The molecule has 30 heavy (non-hydrogen) atoms. The Morgan fingerprint density at radius 1 is 0.800 bits per heavy atom. The lowest BCUT2D eigenvalue weighted by Gasteiger charge is -1.96. The van der Waals surface area contributed by atoms with Crippen LogP contribution in [0.5, 0.6) is 0 Å². The van der Waals surface area contributed by atoms with Crippen molar-refractivity contribution in [1.82, 2.24) is 9.97 Å². The first-order valence-electron chi connectivity index (χ1n) is 10.1. The van der Waals surface area contributed by atoms with Crippen LogP contribution in [-0.2, 0) is 22.4 Å². The van der Waals surface area contributed by atoms with E-state index in [0.29, 0.717) is 12.8 Å². The molecule has 2 aromatic heterocycles. The van der Waals surface area contributed by atoms with Crippen LogP contribution in [0, 0.1) is 0 Å². The molecule has 0 aliphatic carbocycles. The molecule has 0 unspecified atom stereocenters. The molecule has 0 bridgehead atoms. The third-order valence-electron chi connectivity index (χ3n) is 4.93. The predicted octanol–water partition coefficient (Wildman–Crippen LogP) is 5.15. The van der Waals surface area contributed by atoms with Gasteiger partial charge in [0.1, 0.15) is 0 Å². The van der Waals surface area contributed by atoms with Gasteiger partial charge in [0.15, 0.2) is 0 Å². The van der Waals surface area contributed by atoms with Crippen LogP contribution in [0.25, 0.3) is 21.8 Å². The molecule has 2 heterocycles. The van der Waals surface area contributed by atoms with Crippen LogP contribution in [0.15, 0.2) is 60.8 Å². The van der Waals surface area contributed by atoms with Crippen molar-refractivity contribution in [2.45, 2.75) is 38.5 Å². The molecule has 0 atom stereocenters. The highest BCUT2D eigenvalue weighted by Gasteiger charge is 2.04. The van der Waals surface area contributed by atoms with Crippen molar-refractivity contribution in [2.75, 3.05) is 0 Å². The zero-order valence-electron chi connectivity index (χ0n) is 16.7. The lowest BCUT2D eigenvalue weighted by molar-refractivity contribution is -0.138. The van der Waals surface area contributed by atoms with Crippen LogP contribution >= 0.6 is 0 Å². The lowest BCUT2D eigenvalue weighted by Crippen LogP contribution is -1.95. The Morgan fingerprint density at radius 3 is 2.13 bits per heavy atom. The summed E-state index contributed by atoms with van der Waals surface area (Å²) in [7, 11) is 0. The number of aromatic amines is 2. The fourth-order valence-corrected chi connectivity index (χ4v) is 3.47. The standard InChI is InChI=1S/2C12H13NO2/c14-12(15)7-3-4-9-8-13-11-6-2-1-5-10(9)11;14-12(15)7-3-5-10-8-9-4-1-2-6-11(9)13-10/h1-2,5-6,8,13H,3-4,7H2,(H,14,15);1-2,4,6,8,13H,3,5,7H2,(H,14,15). The van der Waals surface area contributed by atoms with E-state index in [4.69, 9.17) is 10.2 Å². The van der Waals surface area contributed by atoms with Crippen molar-refractivity contribution in [3.63, 3.8) is 0 Å². The van der Waals surface area contributed by atoms with Gasteiger partial charge in [0, 0.05) is 41.2 Å². The maximum Gasteiger partial charge on any atom is 0.303 e. The Hall–Kier alpha value is -3.54. The quantitative estimate of drug-likeness (QED) is 0.325. The summed E-state index contributed by atoms with van der Waals surface area (Å²) in [5.41, 5.74) is 4.54. The van der Waals surface area contributed by atoms with Crippen LogP contribution in [0.4, 0.5) is 0 Å². The summed E-state index contributed by atoms with van der Waals surface area (Å²) >= 11 is 0. The zero-order chi connectivity index (χ0) is 21.3. The molecule has 0 saturated carbocycles. The van der Waals surface area contributed by atoms with Gasteiger partial charge in [0.25, 0.3) is 0 Å². The van der Waals surface area contributed by atoms with Crippen LogP contribution < -0.4 is 0 Å². The summed E-state index contributed by atoms with van der Waals surface area (Å²) in [6.07, 6.45) is 5.41. The van der Waals surface area contributed by atoms with Gasteiger partial charge in [-0.3, -0.25) is 9.59 Å². The minimum atomic E-state index is -0.730. The molecule has 6 heteroatoms. The number of hydrogen-bond acceptors (Lipinski definition) is 2. The van der Waals surface area contributed by atoms with Crippen LogP contribution in [0.1, 0.15) is 36.9 Å². The smallest absolute Gasteiger partial charge is 0.303 e. The van der Waals surface area contributed by atoms with Crippen molar-refractivity contribution < 1.29 is 19.8 Å². The third-order valence-corrected chi connectivity index (χ3v) is 4.93. The van der Waals surface area contributed by atoms with E-state index in [1.807, 2.05) is 48.7 Å². The average molecular weight is 406 g/mol. The molecular weight excluding hydrogens is 380 g/mol. The Balaban J connectivity index is 0.000000171. The summed E-state index contributed by atoms with van der Waals surface area (Å²) in [5, 5.41) is 19.4. The van der Waals surface area contributed by atoms with E-state index in [0.717, 1.165) is 29.6 Å². The number of hydrogen-bond donors (Lipinski definition) is 4. The Morgan fingerprint density at radius 2 is 1.43 bits per heavy atom. The van der Waals surface area contributed by atoms with Crippen molar-refractivity contribution in [3.05, 3.63) is 72.1 Å². The van der Waals surface area contributed by atoms with Gasteiger partial charge in [-0.15, -0.1) is 0 Å². The maximum atomic E-state index is 10.4. The largest absolute Gasteiger partial charge is 0.481 e. The maximum absolute atomic E-state index is 10.4. The Kier molecular flexibility index (Phi) is 7.27. The number of nitrogens with one attached hydrogen (secondary N) is 2. The molecule has 4 N–H and O–H groups in total. The van der Waals surface area contributed by atoms with E-state index in [1.54, 1.807) is 0 Å². The monoisotopic (exact) mass is 406 g/mol. The number of aliphatic carboxylic acids is 2. The first-order chi connectivity index (χ1) is 14.5. The number of aryl methyl sites for hydroxylation is 2. The van der Waals surface area contributed by atoms with Gasteiger partial charge in [0.05, 0.1) is 0 Å². The normalized spacial score (nSPS) is 10.7. The summed E-state index contributed by atoms with van der Waals surface area (Å²) in [6, 6.07) is 18.2. The van der Waals surface area contributed by atoms with Crippen LogP contribution in [-0.4, -0.2) is 32.1 Å². The minimum absolute atomic E-state index is 0.232. The highest BCUT2D eigenvalue weighted by atomic mass is 16.4. The summed E-state index contributed by atoms with van der Waals surface area (Å²) in [6.45, 7) is 0. The molecule has 0 spiro atoms. The number of H-pyrrole nitrogens is 2. The molecule has 4 aromatic rings. The van der Waals surface area contributed by atoms with Crippen LogP contribution in [0.2, 0.25) is 0 Å². The number of carbonyl (C=O) groups is 2.